The molecule has 0 N–H and O–H groups in total. The molecule has 2 aromatic rings. The molecule has 2 rings (SSSR count). The van der Waals surface area contributed by atoms with Gasteiger partial charge in [0.1, 0.15) is 5.75 Å². The number of rotatable bonds is 22. The molecule has 0 saturated heterocycles. The Labute approximate surface area is 214 Å². The molecule has 0 saturated carbocycles. The molecule has 1 aromatic heterocycles. The van der Waals surface area contributed by atoms with Gasteiger partial charge in [-0.1, -0.05) is 71.6 Å². The van der Waals surface area contributed by atoms with Crippen molar-refractivity contribution in [1.29, 1.82) is 0 Å². The van der Waals surface area contributed by atoms with Crippen molar-refractivity contribution in [3.63, 3.8) is 0 Å². The van der Waals surface area contributed by atoms with Crippen molar-refractivity contribution in [1.82, 2.24) is 9.97 Å². The second kappa shape index (κ2) is 20.1. The third-order valence-electron chi connectivity index (χ3n) is 6.06. The van der Waals surface area contributed by atoms with Gasteiger partial charge in [-0.25, -0.2) is 9.97 Å². The smallest absolute Gasteiger partial charge is 0.159 e. The van der Waals surface area contributed by atoms with Gasteiger partial charge in [0.15, 0.2) is 11.6 Å². The molecule has 0 aliphatic heterocycles. The van der Waals surface area contributed by atoms with E-state index in [1.54, 1.807) is 12.4 Å². The molecule has 0 radical (unpaired) electrons. The van der Waals surface area contributed by atoms with Crippen LogP contribution in [-0.2, 0) is 4.74 Å². The zero-order valence-corrected chi connectivity index (χ0v) is 22.3. The molecule has 35 heavy (non-hydrogen) atoms. The number of unbranched alkanes of at least 4 members (excludes halogenated alkanes) is 11. The Morgan fingerprint density at radius 1 is 0.514 bits per heavy atom. The Morgan fingerprint density at radius 3 is 1.60 bits per heavy atom. The number of hydrogen-bond acceptors (Lipinski definition) is 5. The zero-order valence-electron chi connectivity index (χ0n) is 22.3. The second-order valence-electron chi connectivity index (χ2n) is 9.32. The van der Waals surface area contributed by atoms with Crippen molar-refractivity contribution in [2.75, 3.05) is 26.4 Å². The predicted molar refractivity (Wildman–Crippen MR) is 145 cm³/mol. The quantitative estimate of drug-likeness (QED) is 0.157. The lowest BCUT2D eigenvalue weighted by molar-refractivity contribution is 0.130. The van der Waals surface area contributed by atoms with E-state index in [1.165, 1.54) is 57.8 Å². The summed E-state index contributed by atoms with van der Waals surface area (Å²) in [7, 11) is 0. The number of benzene rings is 1. The van der Waals surface area contributed by atoms with E-state index in [-0.39, 0.29) is 0 Å². The molecule has 196 valence electrons. The van der Waals surface area contributed by atoms with Crippen molar-refractivity contribution in [3.05, 3.63) is 36.7 Å². The van der Waals surface area contributed by atoms with Crippen LogP contribution in [0.3, 0.4) is 0 Å². The Hall–Kier alpha value is -2.14. The largest absolute Gasteiger partial charge is 0.494 e. The fourth-order valence-electron chi connectivity index (χ4n) is 3.94. The summed E-state index contributed by atoms with van der Waals surface area (Å²) in [6, 6.07) is 8.05. The first-order valence-corrected chi connectivity index (χ1v) is 14.1. The molecular weight excluding hydrogens is 436 g/mol. The van der Waals surface area contributed by atoms with Gasteiger partial charge in [0.05, 0.1) is 25.6 Å². The van der Waals surface area contributed by atoms with Crippen LogP contribution in [0, 0.1) is 0 Å². The van der Waals surface area contributed by atoms with Gasteiger partial charge < -0.3 is 14.2 Å². The number of ether oxygens (including phenoxy) is 3. The maximum atomic E-state index is 5.90. The first-order valence-electron chi connectivity index (χ1n) is 14.1. The summed E-state index contributed by atoms with van der Waals surface area (Å²) in [4.78, 5) is 8.94. The molecule has 0 bridgehead atoms. The third-order valence-corrected chi connectivity index (χ3v) is 6.06. The summed E-state index contributed by atoms with van der Waals surface area (Å²) in [5.74, 6) is 2.33. The van der Waals surface area contributed by atoms with Crippen molar-refractivity contribution in [3.8, 4) is 22.9 Å². The Kier molecular flexibility index (Phi) is 16.7. The fraction of sp³-hybridized carbons (Fsp3) is 0.667. The van der Waals surface area contributed by atoms with E-state index in [0.717, 1.165) is 69.0 Å². The van der Waals surface area contributed by atoms with Gasteiger partial charge in [-0.3, -0.25) is 0 Å². The van der Waals surface area contributed by atoms with Gasteiger partial charge in [0.25, 0.3) is 0 Å². The molecule has 5 heteroatoms. The number of aromatic nitrogens is 2. The summed E-state index contributed by atoms with van der Waals surface area (Å²) in [5.41, 5.74) is 0.984. The molecule has 0 aliphatic carbocycles. The van der Waals surface area contributed by atoms with Crippen LogP contribution in [0.5, 0.6) is 11.5 Å². The van der Waals surface area contributed by atoms with E-state index < -0.39 is 0 Å². The molecule has 0 fully saturated rings. The van der Waals surface area contributed by atoms with Crippen molar-refractivity contribution in [2.24, 2.45) is 0 Å². The average Bonchev–Trinajstić information content (AvgIpc) is 2.89. The Morgan fingerprint density at radius 2 is 1.03 bits per heavy atom. The topological polar surface area (TPSA) is 53.5 Å². The van der Waals surface area contributed by atoms with E-state index in [9.17, 15) is 0 Å². The van der Waals surface area contributed by atoms with Crippen LogP contribution in [0.25, 0.3) is 11.4 Å². The van der Waals surface area contributed by atoms with Gasteiger partial charge in [-0.2, -0.15) is 0 Å². The summed E-state index contributed by atoms with van der Waals surface area (Å²) < 4.78 is 17.2. The van der Waals surface area contributed by atoms with Crippen molar-refractivity contribution >= 4 is 0 Å². The van der Waals surface area contributed by atoms with E-state index >= 15 is 0 Å². The van der Waals surface area contributed by atoms with Crippen molar-refractivity contribution in [2.45, 2.75) is 104 Å². The van der Waals surface area contributed by atoms with Crippen LogP contribution < -0.4 is 9.47 Å². The minimum absolute atomic E-state index is 0.698. The number of hydrogen-bond donors (Lipinski definition) is 0. The Balaban J connectivity index is 1.55. The molecule has 0 unspecified atom stereocenters. The number of nitrogens with zero attached hydrogens (tertiary/aromatic N) is 2. The highest BCUT2D eigenvalue weighted by atomic mass is 16.5. The summed E-state index contributed by atoms with van der Waals surface area (Å²) in [6.07, 6.45) is 21.0. The maximum absolute atomic E-state index is 5.90. The van der Waals surface area contributed by atoms with Crippen LogP contribution in [0.1, 0.15) is 104 Å². The molecule has 0 atom stereocenters. The minimum Gasteiger partial charge on any atom is -0.494 e. The average molecular weight is 485 g/mol. The van der Waals surface area contributed by atoms with E-state index in [0.29, 0.717) is 12.4 Å². The molecule has 0 amide bonds. The van der Waals surface area contributed by atoms with Crippen LogP contribution >= 0.6 is 0 Å². The Bertz CT molecular complexity index is 734. The molecule has 1 aromatic carbocycles. The molecule has 1 heterocycles. The summed E-state index contributed by atoms with van der Waals surface area (Å²) >= 11 is 0. The molecule has 0 aliphatic rings. The third kappa shape index (κ3) is 14.1. The van der Waals surface area contributed by atoms with Crippen LogP contribution in [-0.4, -0.2) is 36.4 Å². The normalized spacial score (nSPS) is 11.0. The van der Waals surface area contributed by atoms with Crippen molar-refractivity contribution < 1.29 is 14.2 Å². The zero-order chi connectivity index (χ0) is 24.8. The van der Waals surface area contributed by atoms with E-state index in [1.807, 2.05) is 24.3 Å². The summed E-state index contributed by atoms with van der Waals surface area (Å²) in [6.45, 7) is 7.63. The fourth-order valence-corrected chi connectivity index (χ4v) is 3.94. The van der Waals surface area contributed by atoms with E-state index in [2.05, 4.69) is 23.8 Å². The van der Waals surface area contributed by atoms with Gasteiger partial charge in [0.2, 0.25) is 0 Å². The lowest BCUT2D eigenvalue weighted by Crippen LogP contribution is -2.00. The first-order chi connectivity index (χ1) is 17.3. The van der Waals surface area contributed by atoms with Gasteiger partial charge in [-0.05, 0) is 56.4 Å². The van der Waals surface area contributed by atoms with Crippen LogP contribution in [0.4, 0.5) is 0 Å². The molecule has 0 spiro atoms. The highest BCUT2D eigenvalue weighted by Gasteiger charge is 2.04. The second-order valence-corrected chi connectivity index (χ2v) is 9.32. The molecular formula is C30H48N2O3. The molecule has 5 nitrogen and oxygen atoms in total. The van der Waals surface area contributed by atoms with Gasteiger partial charge >= 0.3 is 0 Å². The summed E-state index contributed by atoms with van der Waals surface area (Å²) in [5, 5.41) is 0. The standard InChI is InChI=1S/C30H48N2O3/c1-3-5-6-7-8-9-10-11-15-23-34-28-19-17-27(18-20-28)30-31-25-29(26-32-30)35-24-16-13-12-14-22-33-21-4-2/h17-20,25-26H,3-16,21-24H2,1-2H3. The minimum atomic E-state index is 0.698. The highest BCUT2D eigenvalue weighted by Crippen LogP contribution is 2.21. The van der Waals surface area contributed by atoms with Gasteiger partial charge in [0, 0.05) is 18.8 Å². The monoisotopic (exact) mass is 484 g/mol. The lowest BCUT2D eigenvalue weighted by atomic mass is 10.1. The maximum Gasteiger partial charge on any atom is 0.159 e. The highest BCUT2D eigenvalue weighted by molar-refractivity contribution is 5.56. The SMILES string of the molecule is CCCCCCCCCCCOc1ccc(-c2ncc(OCCCCCCOCCC)cn2)cc1. The van der Waals surface area contributed by atoms with E-state index in [4.69, 9.17) is 14.2 Å². The van der Waals surface area contributed by atoms with Crippen LogP contribution in [0.15, 0.2) is 36.7 Å². The van der Waals surface area contributed by atoms with Gasteiger partial charge in [-0.15, -0.1) is 0 Å². The lowest BCUT2D eigenvalue weighted by Gasteiger charge is -2.08. The first kappa shape index (κ1) is 29.1. The predicted octanol–water partition coefficient (Wildman–Crippen LogP) is 8.42. The van der Waals surface area contributed by atoms with Crippen LogP contribution in [0.2, 0.25) is 0 Å².